The molecule has 0 unspecified atom stereocenters. The van der Waals surface area contributed by atoms with Crippen LogP contribution in [-0.2, 0) is 16.8 Å². The van der Waals surface area contributed by atoms with Crippen LogP contribution in [0.3, 0.4) is 0 Å². The van der Waals surface area contributed by atoms with Gasteiger partial charge in [-0.1, -0.05) is 12.1 Å². The molecule has 1 saturated heterocycles. The normalized spacial score (nSPS) is 17.2. The van der Waals surface area contributed by atoms with Crippen LogP contribution in [0.4, 0.5) is 5.69 Å². The van der Waals surface area contributed by atoms with Gasteiger partial charge in [0.2, 0.25) is 0 Å². The van der Waals surface area contributed by atoms with Crippen molar-refractivity contribution in [1.82, 2.24) is 4.31 Å². The standard InChI is InChI=1S/C11H17N3O2S/c12-9-10-3-5-11(6-4-10)13-17(15,16)14-7-1-2-8-14/h3-6,13H,1-2,7-9,12H2. The molecule has 0 atom stereocenters. The molecule has 1 aromatic carbocycles. The van der Waals surface area contributed by atoms with Gasteiger partial charge in [-0.3, -0.25) is 4.72 Å². The molecule has 1 fully saturated rings. The molecular weight excluding hydrogens is 238 g/mol. The highest BCUT2D eigenvalue weighted by atomic mass is 32.2. The maximum absolute atomic E-state index is 11.9. The largest absolute Gasteiger partial charge is 0.326 e. The minimum absolute atomic E-state index is 0.457. The second-order valence-electron chi connectivity index (χ2n) is 4.11. The average molecular weight is 255 g/mol. The Morgan fingerprint density at radius 2 is 1.76 bits per heavy atom. The van der Waals surface area contributed by atoms with Crippen molar-refractivity contribution in [2.75, 3.05) is 17.8 Å². The van der Waals surface area contributed by atoms with Crippen molar-refractivity contribution < 1.29 is 8.42 Å². The monoisotopic (exact) mass is 255 g/mol. The number of benzene rings is 1. The summed E-state index contributed by atoms with van der Waals surface area (Å²) >= 11 is 0. The molecule has 1 aromatic rings. The molecule has 94 valence electrons. The first kappa shape index (κ1) is 12.3. The SMILES string of the molecule is NCc1ccc(NS(=O)(=O)N2CCCC2)cc1. The van der Waals surface area contributed by atoms with Gasteiger partial charge in [-0.15, -0.1) is 0 Å². The fraction of sp³-hybridized carbons (Fsp3) is 0.455. The molecule has 5 nitrogen and oxygen atoms in total. The van der Waals surface area contributed by atoms with Crippen LogP contribution in [0.25, 0.3) is 0 Å². The summed E-state index contributed by atoms with van der Waals surface area (Å²) in [4.78, 5) is 0. The van der Waals surface area contributed by atoms with E-state index < -0.39 is 10.2 Å². The molecule has 1 heterocycles. The van der Waals surface area contributed by atoms with E-state index in [1.54, 1.807) is 12.1 Å². The summed E-state index contributed by atoms with van der Waals surface area (Å²) in [6.45, 7) is 1.67. The molecule has 0 aromatic heterocycles. The quantitative estimate of drug-likeness (QED) is 0.839. The van der Waals surface area contributed by atoms with Crippen molar-refractivity contribution in [2.24, 2.45) is 5.73 Å². The first-order valence-electron chi connectivity index (χ1n) is 5.69. The number of anilines is 1. The van der Waals surface area contributed by atoms with E-state index in [1.807, 2.05) is 12.1 Å². The van der Waals surface area contributed by atoms with Gasteiger partial charge >= 0.3 is 10.2 Å². The Morgan fingerprint density at radius 3 is 2.29 bits per heavy atom. The molecule has 0 spiro atoms. The number of nitrogens with two attached hydrogens (primary N) is 1. The second kappa shape index (κ2) is 5.03. The molecule has 3 N–H and O–H groups in total. The minimum atomic E-state index is -3.38. The van der Waals surface area contributed by atoms with Crippen molar-refractivity contribution in [3.05, 3.63) is 29.8 Å². The first-order chi connectivity index (χ1) is 8.12. The van der Waals surface area contributed by atoms with Crippen LogP contribution in [0.1, 0.15) is 18.4 Å². The third kappa shape index (κ3) is 2.96. The Balaban J connectivity index is 2.08. The van der Waals surface area contributed by atoms with Gasteiger partial charge in [0.15, 0.2) is 0 Å². The van der Waals surface area contributed by atoms with Gasteiger partial charge in [-0.05, 0) is 30.5 Å². The third-order valence-electron chi connectivity index (χ3n) is 2.84. The predicted molar refractivity (Wildman–Crippen MR) is 67.7 cm³/mol. The highest BCUT2D eigenvalue weighted by Crippen LogP contribution is 2.16. The first-order valence-corrected chi connectivity index (χ1v) is 7.13. The maximum atomic E-state index is 11.9. The second-order valence-corrected chi connectivity index (χ2v) is 5.78. The number of hydrogen-bond donors (Lipinski definition) is 2. The predicted octanol–water partition coefficient (Wildman–Crippen LogP) is 0.898. The lowest BCUT2D eigenvalue weighted by Crippen LogP contribution is -2.33. The van der Waals surface area contributed by atoms with E-state index in [0.717, 1.165) is 18.4 Å². The summed E-state index contributed by atoms with van der Waals surface area (Å²) in [7, 11) is -3.38. The molecule has 6 heteroatoms. The Labute approximate surface area is 102 Å². The maximum Gasteiger partial charge on any atom is 0.301 e. The molecule has 17 heavy (non-hydrogen) atoms. The number of nitrogens with zero attached hydrogens (tertiary/aromatic N) is 1. The Kier molecular flexibility index (Phi) is 3.66. The number of rotatable bonds is 4. The fourth-order valence-corrected chi connectivity index (χ4v) is 3.15. The van der Waals surface area contributed by atoms with Crippen LogP contribution in [0.2, 0.25) is 0 Å². The van der Waals surface area contributed by atoms with Crippen LogP contribution in [-0.4, -0.2) is 25.8 Å². The van der Waals surface area contributed by atoms with Crippen LogP contribution in [0, 0.1) is 0 Å². The summed E-state index contributed by atoms with van der Waals surface area (Å²) in [5.41, 5.74) is 7.04. The zero-order valence-corrected chi connectivity index (χ0v) is 10.4. The minimum Gasteiger partial charge on any atom is -0.326 e. The highest BCUT2D eigenvalue weighted by Gasteiger charge is 2.24. The Hall–Kier alpha value is -1.11. The molecule has 1 aliphatic rings. The van der Waals surface area contributed by atoms with Gasteiger partial charge in [0.1, 0.15) is 0 Å². The van der Waals surface area contributed by atoms with E-state index in [4.69, 9.17) is 5.73 Å². The summed E-state index contributed by atoms with van der Waals surface area (Å²) < 4.78 is 27.9. The summed E-state index contributed by atoms with van der Waals surface area (Å²) in [6, 6.07) is 7.11. The Bertz CT molecular complexity index is 464. The lowest BCUT2D eigenvalue weighted by Gasteiger charge is -2.16. The lowest BCUT2D eigenvalue weighted by molar-refractivity contribution is 0.482. The molecular formula is C11H17N3O2S. The van der Waals surface area contributed by atoms with Crippen LogP contribution in [0.15, 0.2) is 24.3 Å². The van der Waals surface area contributed by atoms with E-state index in [0.29, 0.717) is 25.3 Å². The molecule has 0 amide bonds. The zero-order chi connectivity index (χ0) is 12.3. The van der Waals surface area contributed by atoms with Crippen LogP contribution >= 0.6 is 0 Å². The summed E-state index contributed by atoms with van der Waals surface area (Å²) in [5.74, 6) is 0. The lowest BCUT2D eigenvalue weighted by atomic mass is 10.2. The zero-order valence-electron chi connectivity index (χ0n) is 9.59. The molecule has 0 aliphatic carbocycles. The van der Waals surface area contributed by atoms with Gasteiger partial charge in [0, 0.05) is 25.3 Å². The van der Waals surface area contributed by atoms with Crippen molar-refractivity contribution in [1.29, 1.82) is 0 Å². The average Bonchev–Trinajstić information content (AvgIpc) is 2.84. The Morgan fingerprint density at radius 1 is 1.18 bits per heavy atom. The van der Waals surface area contributed by atoms with Crippen molar-refractivity contribution in [2.45, 2.75) is 19.4 Å². The van der Waals surface area contributed by atoms with E-state index >= 15 is 0 Å². The fourth-order valence-electron chi connectivity index (χ4n) is 1.85. The number of nitrogens with one attached hydrogen (secondary N) is 1. The van der Waals surface area contributed by atoms with E-state index in [-0.39, 0.29) is 0 Å². The smallest absolute Gasteiger partial charge is 0.301 e. The molecule has 1 aliphatic heterocycles. The van der Waals surface area contributed by atoms with Crippen molar-refractivity contribution in [3.63, 3.8) is 0 Å². The highest BCUT2D eigenvalue weighted by molar-refractivity contribution is 7.90. The molecule has 2 rings (SSSR count). The third-order valence-corrected chi connectivity index (χ3v) is 4.38. The summed E-state index contributed by atoms with van der Waals surface area (Å²) in [5, 5.41) is 0. The van der Waals surface area contributed by atoms with Gasteiger partial charge < -0.3 is 5.73 Å². The topological polar surface area (TPSA) is 75.4 Å². The van der Waals surface area contributed by atoms with E-state index in [2.05, 4.69) is 4.72 Å². The van der Waals surface area contributed by atoms with E-state index in [1.165, 1.54) is 4.31 Å². The van der Waals surface area contributed by atoms with Gasteiger partial charge in [0.25, 0.3) is 0 Å². The van der Waals surface area contributed by atoms with E-state index in [9.17, 15) is 8.42 Å². The van der Waals surface area contributed by atoms with Crippen molar-refractivity contribution in [3.8, 4) is 0 Å². The van der Waals surface area contributed by atoms with Gasteiger partial charge in [-0.2, -0.15) is 12.7 Å². The molecule has 0 saturated carbocycles. The molecule has 0 radical (unpaired) electrons. The van der Waals surface area contributed by atoms with Gasteiger partial charge in [0.05, 0.1) is 0 Å². The summed E-state index contributed by atoms with van der Waals surface area (Å²) in [6.07, 6.45) is 1.88. The van der Waals surface area contributed by atoms with Crippen LogP contribution in [0.5, 0.6) is 0 Å². The van der Waals surface area contributed by atoms with Gasteiger partial charge in [-0.25, -0.2) is 0 Å². The van der Waals surface area contributed by atoms with Crippen LogP contribution < -0.4 is 10.5 Å². The van der Waals surface area contributed by atoms with Crippen molar-refractivity contribution >= 4 is 15.9 Å². The number of hydrogen-bond acceptors (Lipinski definition) is 3. The molecule has 0 bridgehead atoms.